The van der Waals surface area contributed by atoms with E-state index < -0.39 is 0 Å². The first-order valence-electron chi connectivity index (χ1n) is 5.33. The van der Waals surface area contributed by atoms with Crippen LogP contribution >= 0.6 is 0 Å². The second-order valence-corrected chi connectivity index (χ2v) is 5.11. The van der Waals surface area contributed by atoms with Crippen molar-refractivity contribution in [3.63, 3.8) is 0 Å². The average Bonchev–Trinajstić information content (AvgIpc) is 2.47. The molecule has 0 aliphatic heterocycles. The zero-order chi connectivity index (χ0) is 11.1. The second-order valence-electron chi connectivity index (χ2n) is 5.11. The Bertz CT molecular complexity index is 409. The van der Waals surface area contributed by atoms with Crippen molar-refractivity contribution in [2.45, 2.75) is 39.3 Å². The van der Waals surface area contributed by atoms with Gasteiger partial charge in [-0.15, -0.1) is 6.42 Å². The Hall–Kier alpha value is -1.20. The van der Waals surface area contributed by atoms with Gasteiger partial charge in [-0.1, -0.05) is 19.8 Å². The van der Waals surface area contributed by atoms with Crippen LogP contribution in [0.15, 0.2) is 12.3 Å². The fourth-order valence-electron chi connectivity index (χ4n) is 2.43. The van der Waals surface area contributed by atoms with Crippen LogP contribution in [-0.4, -0.2) is 9.67 Å². The molecule has 0 amide bonds. The Morgan fingerprint density at radius 2 is 2.40 bits per heavy atom. The van der Waals surface area contributed by atoms with Crippen LogP contribution in [0.5, 0.6) is 0 Å². The summed E-state index contributed by atoms with van der Waals surface area (Å²) < 4.78 is 2.07. The molecular weight excluding hydrogens is 186 g/mol. The number of hydrogen-bond acceptors (Lipinski definition) is 1. The van der Waals surface area contributed by atoms with E-state index in [2.05, 4.69) is 24.3 Å². The Kier molecular flexibility index (Phi) is 2.36. The number of fused-ring (bicyclic) bond motifs is 1. The molecule has 1 aromatic rings. The fourth-order valence-corrected chi connectivity index (χ4v) is 2.43. The molecule has 0 fully saturated rings. The van der Waals surface area contributed by atoms with Crippen LogP contribution in [0.4, 0.5) is 0 Å². The highest BCUT2D eigenvalue weighted by atomic mass is 16.3. The molecule has 0 spiro atoms. The average molecular weight is 203 g/mol. The lowest BCUT2D eigenvalue weighted by Crippen LogP contribution is -2.26. The van der Waals surface area contributed by atoms with Crippen LogP contribution in [-0.2, 0) is 13.0 Å². The van der Waals surface area contributed by atoms with E-state index in [0.717, 1.165) is 18.4 Å². The van der Waals surface area contributed by atoms with E-state index in [9.17, 15) is 5.11 Å². The van der Waals surface area contributed by atoms with Gasteiger partial charge in [-0.2, -0.15) is 0 Å². The van der Waals surface area contributed by atoms with Gasteiger partial charge in [0.2, 0.25) is 0 Å². The number of nitrogens with zero attached hydrogens (tertiary/aromatic N) is 1. The lowest BCUT2D eigenvalue weighted by Gasteiger charge is -2.33. The van der Waals surface area contributed by atoms with Gasteiger partial charge in [0, 0.05) is 17.5 Å². The first-order valence-corrected chi connectivity index (χ1v) is 5.33. The molecule has 0 saturated carbocycles. The number of rotatable bonds is 1. The van der Waals surface area contributed by atoms with E-state index in [0.29, 0.717) is 6.54 Å². The number of terminal acetylenes is 1. The van der Waals surface area contributed by atoms with E-state index in [1.54, 1.807) is 0 Å². The highest BCUT2D eigenvalue weighted by molar-refractivity contribution is 5.29. The maximum Gasteiger partial charge on any atom is 0.0831 e. The maximum atomic E-state index is 10.0. The van der Waals surface area contributed by atoms with E-state index in [4.69, 9.17) is 6.42 Å². The summed E-state index contributed by atoms with van der Waals surface area (Å²) in [6, 6.07) is 1.99. The molecule has 1 heterocycles. The van der Waals surface area contributed by atoms with Crippen molar-refractivity contribution in [2.24, 2.45) is 5.41 Å². The lowest BCUT2D eigenvalue weighted by atomic mass is 9.75. The summed E-state index contributed by atoms with van der Waals surface area (Å²) in [6.45, 7) is 4.97. The molecule has 1 aliphatic carbocycles. The largest absolute Gasteiger partial charge is 0.388 e. The first kappa shape index (κ1) is 10.3. The van der Waals surface area contributed by atoms with Crippen LogP contribution in [0, 0.1) is 17.8 Å². The van der Waals surface area contributed by atoms with Crippen LogP contribution < -0.4 is 0 Å². The Morgan fingerprint density at radius 3 is 3.07 bits per heavy atom. The number of aliphatic hydroxyl groups is 1. The van der Waals surface area contributed by atoms with E-state index >= 15 is 0 Å². The minimum atomic E-state index is -0.331. The molecule has 15 heavy (non-hydrogen) atoms. The SMILES string of the molecule is C#CCn1ccc2c1CC(C)(C)CC2O. The molecule has 0 bridgehead atoms. The highest BCUT2D eigenvalue weighted by Crippen LogP contribution is 2.40. The summed E-state index contributed by atoms with van der Waals surface area (Å²) >= 11 is 0. The number of aliphatic hydroxyl groups excluding tert-OH is 1. The summed E-state index contributed by atoms with van der Waals surface area (Å²) in [5.74, 6) is 2.64. The third kappa shape index (κ3) is 1.80. The third-order valence-corrected chi connectivity index (χ3v) is 3.13. The Labute approximate surface area is 90.9 Å². The fraction of sp³-hybridized carbons (Fsp3) is 0.538. The van der Waals surface area contributed by atoms with Gasteiger partial charge < -0.3 is 9.67 Å². The van der Waals surface area contributed by atoms with E-state index in [-0.39, 0.29) is 11.5 Å². The molecule has 80 valence electrons. The second kappa shape index (κ2) is 3.43. The van der Waals surface area contributed by atoms with Gasteiger partial charge in [0.1, 0.15) is 0 Å². The molecule has 1 atom stereocenters. The summed E-state index contributed by atoms with van der Waals surface area (Å²) in [7, 11) is 0. The summed E-state index contributed by atoms with van der Waals surface area (Å²) in [5.41, 5.74) is 2.43. The molecule has 2 nitrogen and oxygen atoms in total. The number of hydrogen-bond donors (Lipinski definition) is 1. The molecule has 0 aromatic carbocycles. The molecule has 1 unspecified atom stereocenters. The molecule has 1 aromatic heterocycles. The standard InChI is InChI=1S/C13H17NO/c1-4-6-14-7-5-10-11(14)8-13(2,3)9-12(10)15/h1,5,7,12,15H,6,8-9H2,2-3H3. The van der Waals surface area contributed by atoms with Crippen molar-refractivity contribution >= 4 is 0 Å². The van der Waals surface area contributed by atoms with Gasteiger partial charge in [-0.05, 0) is 24.3 Å². The van der Waals surface area contributed by atoms with Crippen molar-refractivity contribution in [1.29, 1.82) is 0 Å². The highest BCUT2D eigenvalue weighted by Gasteiger charge is 2.32. The van der Waals surface area contributed by atoms with Crippen LogP contribution in [0.2, 0.25) is 0 Å². The van der Waals surface area contributed by atoms with E-state index in [1.165, 1.54) is 5.69 Å². The Balaban J connectivity index is 2.41. The molecule has 2 heteroatoms. The normalized spacial score (nSPS) is 23.2. The van der Waals surface area contributed by atoms with E-state index in [1.807, 2.05) is 12.3 Å². The summed E-state index contributed by atoms with van der Waals surface area (Å²) in [4.78, 5) is 0. The predicted octanol–water partition coefficient (Wildman–Crippen LogP) is 2.13. The molecule has 1 N–H and O–H groups in total. The summed E-state index contributed by atoms with van der Waals surface area (Å²) in [6.07, 6.45) is 8.80. The maximum absolute atomic E-state index is 10.0. The van der Waals surface area contributed by atoms with Crippen molar-refractivity contribution in [3.8, 4) is 12.3 Å². The molecule has 0 radical (unpaired) electrons. The third-order valence-electron chi connectivity index (χ3n) is 3.13. The van der Waals surface area contributed by atoms with Crippen LogP contribution in [0.1, 0.15) is 37.6 Å². The minimum absolute atomic E-state index is 0.164. The lowest BCUT2D eigenvalue weighted by molar-refractivity contribution is 0.0981. The first-order chi connectivity index (χ1) is 7.03. The van der Waals surface area contributed by atoms with Gasteiger partial charge in [0.25, 0.3) is 0 Å². The minimum Gasteiger partial charge on any atom is -0.388 e. The molecule has 1 aliphatic rings. The summed E-state index contributed by atoms with van der Waals surface area (Å²) in [5, 5.41) is 10.0. The van der Waals surface area contributed by atoms with Crippen molar-refractivity contribution in [3.05, 3.63) is 23.5 Å². The molecule has 2 rings (SSSR count). The van der Waals surface area contributed by atoms with Crippen LogP contribution in [0.3, 0.4) is 0 Å². The van der Waals surface area contributed by atoms with Crippen molar-refractivity contribution in [2.75, 3.05) is 0 Å². The van der Waals surface area contributed by atoms with Gasteiger partial charge in [0.15, 0.2) is 0 Å². The zero-order valence-electron chi connectivity index (χ0n) is 9.33. The van der Waals surface area contributed by atoms with Gasteiger partial charge in [-0.25, -0.2) is 0 Å². The predicted molar refractivity (Wildman–Crippen MR) is 60.3 cm³/mol. The topological polar surface area (TPSA) is 25.2 Å². The molecular formula is C13H17NO. The van der Waals surface area contributed by atoms with Crippen molar-refractivity contribution < 1.29 is 5.11 Å². The zero-order valence-corrected chi connectivity index (χ0v) is 9.33. The van der Waals surface area contributed by atoms with Gasteiger partial charge in [0.05, 0.1) is 12.6 Å². The van der Waals surface area contributed by atoms with Gasteiger partial charge in [-0.3, -0.25) is 0 Å². The number of aromatic nitrogens is 1. The quantitative estimate of drug-likeness (QED) is 0.695. The van der Waals surface area contributed by atoms with Gasteiger partial charge >= 0.3 is 0 Å². The smallest absolute Gasteiger partial charge is 0.0831 e. The Morgan fingerprint density at radius 1 is 1.67 bits per heavy atom. The monoisotopic (exact) mass is 203 g/mol. The van der Waals surface area contributed by atoms with Crippen molar-refractivity contribution in [1.82, 2.24) is 4.57 Å². The van der Waals surface area contributed by atoms with Crippen LogP contribution in [0.25, 0.3) is 0 Å². The molecule has 0 saturated heterocycles.